The zero-order chi connectivity index (χ0) is 12.9. The van der Waals surface area contributed by atoms with Gasteiger partial charge in [-0.15, -0.1) is 0 Å². The minimum absolute atomic E-state index is 0.0189. The lowest BCUT2D eigenvalue weighted by Crippen LogP contribution is -2.05. The van der Waals surface area contributed by atoms with Crippen molar-refractivity contribution in [2.75, 3.05) is 0 Å². The Balaban J connectivity index is 2.29. The number of carbonyl (C=O) groups is 1. The monoisotopic (exact) mass is 263 g/mol. The SMILES string of the molecule is Cn1c(CC(=O)O)cn2c3ccc(Cl)cc3nc12. The summed E-state index contributed by atoms with van der Waals surface area (Å²) in [6.07, 6.45) is 1.78. The van der Waals surface area contributed by atoms with Crippen LogP contribution in [0.1, 0.15) is 5.69 Å². The van der Waals surface area contributed by atoms with E-state index in [1.807, 2.05) is 10.5 Å². The molecule has 3 rings (SSSR count). The average Bonchev–Trinajstić information content (AvgIpc) is 2.77. The molecular formula is C12H10ClN3O2. The van der Waals surface area contributed by atoms with Crippen LogP contribution in [0.4, 0.5) is 0 Å². The van der Waals surface area contributed by atoms with Crippen LogP contribution in [0.2, 0.25) is 5.02 Å². The summed E-state index contributed by atoms with van der Waals surface area (Å²) in [6, 6.07) is 5.46. The van der Waals surface area contributed by atoms with Gasteiger partial charge in [-0.2, -0.15) is 0 Å². The fourth-order valence-electron chi connectivity index (χ4n) is 2.11. The largest absolute Gasteiger partial charge is 0.481 e. The van der Waals surface area contributed by atoms with Gasteiger partial charge < -0.3 is 9.67 Å². The summed E-state index contributed by atoms with van der Waals surface area (Å²) in [4.78, 5) is 15.2. The van der Waals surface area contributed by atoms with Crippen LogP contribution in [-0.2, 0) is 18.3 Å². The zero-order valence-corrected chi connectivity index (χ0v) is 10.3. The van der Waals surface area contributed by atoms with Crippen LogP contribution >= 0.6 is 11.6 Å². The number of carboxylic acid groups (broad SMARTS) is 1. The molecule has 6 heteroatoms. The Morgan fingerprint density at radius 2 is 2.28 bits per heavy atom. The molecule has 92 valence electrons. The number of hydrogen-bond donors (Lipinski definition) is 1. The van der Waals surface area contributed by atoms with E-state index < -0.39 is 5.97 Å². The molecule has 0 fully saturated rings. The van der Waals surface area contributed by atoms with E-state index in [4.69, 9.17) is 16.7 Å². The minimum atomic E-state index is -0.855. The Bertz CT molecular complexity index is 772. The molecule has 0 amide bonds. The number of aromatic nitrogens is 3. The van der Waals surface area contributed by atoms with Crippen molar-refractivity contribution in [3.05, 3.63) is 35.1 Å². The van der Waals surface area contributed by atoms with Crippen molar-refractivity contribution in [3.63, 3.8) is 0 Å². The summed E-state index contributed by atoms with van der Waals surface area (Å²) in [7, 11) is 1.81. The molecule has 0 aliphatic rings. The zero-order valence-electron chi connectivity index (χ0n) is 9.59. The third-order valence-electron chi connectivity index (χ3n) is 2.97. The van der Waals surface area contributed by atoms with Crippen LogP contribution in [0.25, 0.3) is 16.8 Å². The summed E-state index contributed by atoms with van der Waals surface area (Å²) in [5.41, 5.74) is 2.43. The maximum absolute atomic E-state index is 10.8. The minimum Gasteiger partial charge on any atom is -0.481 e. The highest BCUT2D eigenvalue weighted by atomic mass is 35.5. The van der Waals surface area contributed by atoms with Gasteiger partial charge in [-0.1, -0.05) is 11.6 Å². The molecule has 2 heterocycles. The number of aliphatic carboxylic acids is 1. The van der Waals surface area contributed by atoms with Crippen LogP contribution in [0, 0.1) is 0 Å². The van der Waals surface area contributed by atoms with Gasteiger partial charge in [0.15, 0.2) is 0 Å². The van der Waals surface area contributed by atoms with E-state index in [0.717, 1.165) is 11.0 Å². The molecule has 0 spiro atoms. The number of hydrogen-bond acceptors (Lipinski definition) is 2. The molecule has 18 heavy (non-hydrogen) atoms. The number of rotatable bonds is 2. The first-order chi connectivity index (χ1) is 8.56. The van der Waals surface area contributed by atoms with E-state index in [9.17, 15) is 4.79 Å². The van der Waals surface area contributed by atoms with Gasteiger partial charge in [-0.25, -0.2) is 4.98 Å². The molecule has 1 aromatic carbocycles. The van der Waals surface area contributed by atoms with Crippen molar-refractivity contribution in [2.45, 2.75) is 6.42 Å². The summed E-state index contributed by atoms with van der Waals surface area (Å²) in [5, 5.41) is 9.48. The van der Waals surface area contributed by atoms with Crippen LogP contribution in [0.5, 0.6) is 0 Å². The van der Waals surface area contributed by atoms with Crippen LogP contribution in [0.15, 0.2) is 24.4 Å². The summed E-state index contributed by atoms with van der Waals surface area (Å²) >= 11 is 5.92. The van der Waals surface area contributed by atoms with E-state index >= 15 is 0 Å². The highest BCUT2D eigenvalue weighted by Crippen LogP contribution is 2.22. The normalized spacial score (nSPS) is 11.4. The van der Waals surface area contributed by atoms with Crippen molar-refractivity contribution in [1.82, 2.24) is 14.0 Å². The number of imidazole rings is 2. The number of fused-ring (bicyclic) bond motifs is 3. The smallest absolute Gasteiger partial charge is 0.309 e. The predicted molar refractivity (Wildman–Crippen MR) is 68.0 cm³/mol. The third kappa shape index (κ3) is 1.55. The third-order valence-corrected chi connectivity index (χ3v) is 3.21. The van der Waals surface area contributed by atoms with Gasteiger partial charge >= 0.3 is 5.97 Å². The molecule has 0 bridgehead atoms. The maximum atomic E-state index is 10.8. The number of aryl methyl sites for hydroxylation is 1. The first-order valence-corrected chi connectivity index (χ1v) is 5.78. The first kappa shape index (κ1) is 11.1. The standard InChI is InChI=1S/C12H10ClN3O2/c1-15-8(5-11(17)18)6-16-10-3-2-7(13)4-9(10)14-12(15)16/h2-4,6H,5H2,1H3,(H,17,18). The van der Waals surface area contributed by atoms with Gasteiger partial charge in [0.2, 0.25) is 5.78 Å². The lowest BCUT2D eigenvalue weighted by Gasteiger charge is -1.97. The Morgan fingerprint density at radius 3 is 3.00 bits per heavy atom. The molecule has 0 aliphatic heterocycles. The highest BCUT2D eigenvalue weighted by Gasteiger charge is 2.13. The Morgan fingerprint density at radius 1 is 1.50 bits per heavy atom. The molecule has 0 radical (unpaired) electrons. The van der Waals surface area contributed by atoms with E-state index in [1.54, 1.807) is 29.9 Å². The van der Waals surface area contributed by atoms with E-state index in [0.29, 0.717) is 16.5 Å². The molecule has 0 atom stereocenters. The number of nitrogens with zero attached hydrogens (tertiary/aromatic N) is 3. The van der Waals surface area contributed by atoms with Gasteiger partial charge in [0.1, 0.15) is 0 Å². The Labute approximate surface area is 107 Å². The maximum Gasteiger partial charge on any atom is 0.309 e. The van der Waals surface area contributed by atoms with Gasteiger partial charge in [-0.05, 0) is 18.2 Å². The predicted octanol–water partition coefficient (Wildman–Crippen LogP) is 2.11. The quantitative estimate of drug-likeness (QED) is 0.770. The Kier molecular flexibility index (Phi) is 2.31. The van der Waals surface area contributed by atoms with Crippen molar-refractivity contribution in [2.24, 2.45) is 7.05 Å². The lowest BCUT2D eigenvalue weighted by molar-refractivity contribution is -0.136. The van der Waals surface area contributed by atoms with Gasteiger partial charge in [0.05, 0.1) is 17.5 Å². The van der Waals surface area contributed by atoms with Crippen molar-refractivity contribution in [1.29, 1.82) is 0 Å². The topological polar surface area (TPSA) is 59.5 Å². The van der Waals surface area contributed by atoms with E-state index in [2.05, 4.69) is 4.98 Å². The first-order valence-electron chi connectivity index (χ1n) is 5.40. The fourth-order valence-corrected chi connectivity index (χ4v) is 2.27. The summed E-state index contributed by atoms with van der Waals surface area (Å²) < 4.78 is 3.66. The fraction of sp³-hybridized carbons (Fsp3) is 0.167. The van der Waals surface area contributed by atoms with Crippen molar-refractivity contribution < 1.29 is 9.90 Å². The summed E-state index contributed by atoms with van der Waals surface area (Å²) in [5.74, 6) is -0.144. The molecular weight excluding hydrogens is 254 g/mol. The lowest BCUT2D eigenvalue weighted by atomic mass is 10.3. The van der Waals surface area contributed by atoms with Gasteiger partial charge in [0, 0.05) is 24.0 Å². The molecule has 2 aromatic heterocycles. The number of halogens is 1. The summed E-state index contributed by atoms with van der Waals surface area (Å²) in [6.45, 7) is 0. The van der Waals surface area contributed by atoms with Gasteiger partial charge in [0.25, 0.3) is 0 Å². The highest BCUT2D eigenvalue weighted by molar-refractivity contribution is 6.31. The molecule has 0 unspecified atom stereocenters. The number of benzene rings is 1. The molecule has 3 aromatic rings. The number of carboxylic acids is 1. The second kappa shape index (κ2) is 3.74. The van der Waals surface area contributed by atoms with E-state index in [-0.39, 0.29) is 6.42 Å². The average molecular weight is 264 g/mol. The Hall–Kier alpha value is -2.01. The van der Waals surface area contributed by atoms with Crippen LogP contribution in [-0.4, -0.2) is 25.0 Å². The van der Waals surface area contributed by atoms with Crippen molar-refractivity contribution in [3.8, 4) is 0 Å². The van der Waals surface area contributed by atoms with E-state index in [1.165, 1.54) is 0 Å². The van der Waals surface area contributed by atoms with Crippen LogP contribution in [0.3, 0.4) is 0 Å². The van der Waals surface area contributed by atoms with Crippen LogP contribution < -0.4 is 0 Å². The second-order valence-corrected chi connectivity index (χ2v) is 4.60. The molecule has 1 N–H and O–H groups in total. The van der Waals surface area contributed by atoms with Crippen molar-refractivity contribution >= 4 is 34.4 Å². The molecule has 5 nitrogen and oxygen atoms in total. The molecule has 0 saturated heterocycles. The second-order valence-electron chi connectivity index (χ2n) is 4.16. The van der Waals surface area contributed by atoms with Gasteiger partial charge in [-0.3, -0.25) is 9.20 Å². The molecule has 0 aliphatic carbocycles. The molecule has 0 saturated carbocycles.